The molecule has 1 aromatic heterocycles. The number of rotatable bonds is 13. The van der Waals surface area contributed by atoms with Crippen molar-refractivity contribution < 1.29 is 9.47 Å². The summed E-state index contributed by atoms with van der Waals surface area (Å²) in [6.45, 7) is 14.6. The van der Waals surface area contributed by atoms with Crippen LogP contribution < -0.4 is 25.4 Å². The summed E-state index contributed by atoms with van der Waals surface area (Å²) in [7, 11) is 3.34. The zero-order valence-corrected chi connectivity index (χ0v) is 23.6. The van der Waals surface area contributed by atoms with Crippen LogP contribution in [0.4, 0.5) is 17.5 Å². The molecule has 0 saturated heterocycles. The van der Waals surface area contributed by atoms with E-state index in [2.05, 4.69) is 98.9 Å². The number of hydrogen-bond acceptors (Lipinski definition) is 7. The lowest BCUT2D eigenvalue weighted by atomic mass is 9.92. The van der Waals surface area contributed by atoms with Gasteiger partial charge in [0.2, 0.25) is 5.95 Å². The van der Waals surface area contributed by atoms with Gasteiger partial charge in [0.1, 0.15) is 5.82 Å². The smallest absolute Gasteiger partial charge is 0.224 e. The largest absolute Gasteiger partial charge is 0.493 e. The van der Waals surface area contributed by atoms with Gasteiger partial charge in [-0.2, -0.15) is 4.98 Å². The van der Waals surface area contributed by atoms with Crippen molar-refractivity contribution in [3.8, 4) is 11.5 Å². The molecule has 0 unspecified atom stereocenters. The molecule has 0 fully saturated rings. The maximum atomic E-state index is 5.60. The zero-order valence-electron chi connectivity index (χ0n) is 23.6. The lowest BCUT2D eigenvalue weighted by molar-refractivity contribution is 0.354. The SMILES string of the molecule is COc1cc(Cc2cnc(NC(C)C)nc2NCc2ccc(NCC(C)C)cc2)c(C(C)C)cc1OC. The molecule has 200 valence electrons. The number of nitrogens with one attached hydrogen (secondary N) is 3. The summed E-state index contributed by atoms with van der Waals surface area (Å²) in [5.74, 6) is 3.84. The molecule has 0 aliphatic heterocycles. The molecule has 3 rings (SSSR count). The van der Waals surface area contributed by atoms with Gasteiger partial charge in [0, 0.05) is 43.0 Å². The first-order valence-electron chi connectivity index (χ1n) is 13.1. The number of ether oxygens (including phenoxy) is 2. The van der Waals surface area contributed by atoms with E-state index in [4.69, 9.17) is 14.5 Å². The first kappa shape index (κ1) is 28.1. The lowest BCUT2D eigenvalue weighted by Gasteiger charge is -2.19. The fraction of sp³-hybridized carbons (Fsp3) is 0.467. The molecule has 0 bridgehead atoms. The van der Waals surface area contributed by atoms with E-state index in [1.54, 1.807) is 14.2 Å². The van der Waals surface area contributed by atoms with Crippen molar-refractivity contribution in [2.75, 3.05) is 36.7 Å². The van der Waals surface area contributed by atoms with Crippen LogP contribution in [0.25, 0.3) is 0 Å². The predicted molar refractivity (Wildman–Crippen MR) is 154 cm³/mol. The van der Waals surface area contributed by atoms with Crippen LogP contribution in [-0.2, 0) is 13.0 Å². The van der Waals surface area contributed by atoms with Crippen LogP contribution in [0.15, 0.2) is 42.6 Å². The maximum Gasteiger partial charge on any atom is 0.224 e. The maximum absolute atomic E-state index is 5.60. The first-order valence-corrected chi connectivity index (χ1v) is 13.1. The van der Waals surface area contributed by atoms with Crippen molar-refractivity contribution in [3.63, 3.8) is 0 Å². The van der Waals surface area contributed by atoms with Gasteiger partial charge < -0.3 is 25.4 Å². The highest BCUT2D eigenvalue weighted by molar-refractivity contribution is 5.54. The summed E-state index contributed by atoms with van der Waals surface area (Å²) in [4.78, 5) is 9.44. The topological polar surface area (TPSA) is 80.3 Å². The van der Waals surface area contributed by atoms with E-state index in [0.717, 1.165) is 35.1 Å². The molecule has 37 heavy (non-hydrogen) atoms. The number of anilines is 3. The molecule has 1 heterocycles. The third kappa shape index (κ3) is 8.00. The average molecular weight is 506 g/mol. The lowest BCUT2D eigenvalue weighted by Crippen LogP contribution is -2.15. The van der Waals surface area contributed by atoms with Crippen molar-refractivity contribution >= 4 is 17.5 Å². The molecule has 0 amide bonds. The average Bonchev–Trinajstić information content (AvgIpc) is 2.87. The monoisotopic (exact) mass is 505 g/mol. The van der Waals surface area contributed by atoms with Crippen LogP contribution in [-0.4, -0.2) is 36.8 Å². The van der Waals surface area contributed by atoms with Crippen LogP contribution in [0, 0.1) is 5.92 Å². The van der Waals surface area contributed by atoms with Crippen LogP contribution in [0.2, 0.25) is 0 Å². The Hall–Kier alpha value is -3.48. The van der Waals surface area contributed by atoms with Gasteiger partial charge in [-0.25, -0.2) is 4.98 Å². The zero-order chi connectivity index (χ0) is 26.9. The molecule has 7 heteroatoms. The van der Waals surface area contributed by atoms with Crippen molar-refractivity contribution in [1.82, 2.24) is 9.97 Å². The molecule has 0 radical (unpaired) electrons. The quantitative estimate of drug-likeness (QED) is 0.238. The summed E-state index contributed by atoms with van der Waals surface area (Å²) in [6, 6.07) is 12.9. The summed E-state index contributed by atoms with van der Waals surface area (Å²) < 4.78 is 11.2. The van der Waals surface area contributed by atoms with E-state index in [1.807, 2.05) is 6.20 Å². The van der Waals surface area contributed by atoms with Gasteiger partial charge in [0.25, 0.3) is 0 Å². The van der Waals surface area contributed by atoms with E-state index in [0.29, 0.717) is 30.7 Å². The van der Waals surface area contributed by atoms with E-state index in [-0.39, 0.29) is 6.04 Å². The molecule has 0 spiro atoms. The molecule has 3 N–H and O–H groups in total. The summed E-state index contributed by atoms with van der Waals surface area (Å²) in [5.41, 5.74) is 5.74. The van der Waals surface area contributed by atoms with Gasteiger partial charge in [0.15, 0.2) is 11.5 Å². The van der Waals surface area contributed by atoms with Gasteiger partial charge in [-0.1, -0.05) is 39.8 Å². The molecular weight excluding hydrogens is 462 g/mol. The van der Waals surface area contributed by atoms with Crippen LogP contribution in [0.1, 0.15) is 69.7 Å². The second-order valence-electron chi connectivity index (χ2n) is 10.4. The normalized spacial score (nSPS) is 11.2. The molecule has 2 aromatic carbocycles. The van der Waals surface area contributed by atoms with Gasteiger partial charge in [-0.05, 0) is 66.6 Å². The van der Waals surface area contributed by atoms with Gasteiger partial charge in [-0.15, -0.1) is 0 Å². The summed E-state index contributed by atoms with van der Waals surface area (Å²) >= 11 is 0. The van der Waals surface area contributed by atoms with Crippen LogP contribution in [0.5, 0.6) is 11.5 Å². The van der Waals surface area contributed by atoms with Crippen molar-refractivity contribution in [2.24, 2.45) is 5.92 Å². The third-order valence-electron chi connectivity index (χ3n) is 6.06. The van der Waals surface area contributed by atoms with Crippen LogP contribution in [0.3, 0.4) is 0 Å². The minimum atomic E-state index is 0.239. The molecule has 0 atom stereocenters. The Morgan fingerprint density at radius 1 is 0.838 bits per heavy atom. The van der Waals surface area contributed by atoms with Gasteiger partial charge in [-0.3, -0.25) is 0 Å². The Balaban J connectivity index is 1.88. The predicted octanol–water partition coefficient (Wildman–Crippen LogP) is 6.71. The fourth-order valence-electron chi connectivity index (χ4n) is 4.10. The van der Waals surface area contributed by atoms with E-state index >= 15 is 0 Å². The number of methoxy groups -OCH3 is 2. The number of aromatic nitrogens is 2. The van der Waals surface area contributed by atoms with Crippen molar-refractivity contribution in [1.29, 1.82) is 0 Å². The number of hydrogen-bond donors (Lipinski definition) is 3. The summed E-state index contributed by atoms with van der Waals surface area (Å²) in [6.07, 6.45) is 2.59. The van der Waals surface area contributed by atoms with Crippen LogP contribution >= 0.6 is 0 Å². The highest BCUT2D eigenvalue weighted by Gasteiger charge is 2.17. The van der Waals surface area contributed by atoms with Crippen molar-refractivity contribution in [2.45, 2.75) is 66.5 Å². The molecule has 0 aliphatic rings. The number of nitrogens with zero attached hydrogens (tertiary/aromatic N) is 2. The fourth-order valence-corrected chi connectivity index (χ4v) is 4.10. The van der Waals surface area contributed by atoms with E-state index in [9.17, 15) is 0 Å². The van der Waals surface area contributed by atoms with Gasteiger partial charge >= 0.3 is 0 Å². The molecule has 0 aliphatic carbocycles. The Bertz CT molecular complexity index is 1140. The highest BCUT2D eigenvalue weighted by atomic mass is 16.5. The Morgan fingerprint density at radius 2 is 1.51 bits per heavy atom. The van der Waals surface area contributed by atoms with E-state index < -0.39 is 0 Å². The van der Waals surface area contributed by atoms with Gasteiger partial charge in [0.05, 0.1) is 14.2 Å². The Morgan fingerprint density at radius 3 is 2.11 bits per heavy atom. The molecular formula is C30H43N5O2. The number of benzene rings is 2. The minimum absolute atomic E-state index is 0.239. The molecule has 3 aromatic rings. The Labute approximate surface area is 222 Å². The second-order valence-corrected chi connectivity index (χ2v) is 10.4. The minimum Gasteiger partial charge on any atom is -0.493 e. The highest BCUT2D eigenvalue weighted by Crippen LogP contribution is 2.35. The Kier molecular flexibility index (Phi) is 10.0. The first-order chi connectivity index (χ1) is 17.7. The van der Waals surface area contributed by atoms with Crippen molar-refractivity contribution in [3.05, 3.63) is 64.8 Å². The van der Waals surface area contributed by atoms with E-state index in [1.165, 1.54) is 16.7 Å². The second kappa shape index (κ2) is 13.2. The third-order valence-corrected chi connectivity index (χ3v) is 6.06. The molecule has 0 saturated carbocycles. The summed E-state index contributed by atoms with van der Waals surface area (Å²) in [5, 5.41) is 10.4. The molecule has 7 nitrogen and oxygen atoms in total. The standard InChI is InChI=1S/C30H43N5O2/c1-19(2)16-31-25-11-9-22(10-12-25)17-32-29-24(18-33-30(35-29)34-21(5)6)13-23-14-27(36-7)28(37-8)15-26(23)20(3)4/h9-12,14-15,18-21,31H,13,16-17H2,1-8H3,(H2,32,33,34,35).